The molecule has 78 valence electrons. The molecule has 1 saturated heterocycles. The fourth-order valence-corrected chi connectivity index (χ4v) is 2.80. The van der Waals surface area contributed by atoms with E-state index in [-0.39, 0.29) is 0 Å². The van der Waals surface area contributed by atoms with E-state index in [4.69, 9.17) is 9.84 Å². The van der Waals surface area contributed by atoms with Gasteiger partial charge in [-0.25, -0.2) is 0 Å². The van der Waals surface area contributed by atoms with Gasteiger partial charge in [0.15, 0.2) is 0 Å². The maximum atomic E-state index is 8.61. The third kappa shape index (κ3) is 4.89. The minimum absolute atomic E-state index is 0.331. The number of hydrogen-bond donors (Lipinski definition) is 1. The highest BCUT2D eigenvalue weighted by molar-refractivity contribution is 7.99. The van der Waals surface area contributed by atoms with E-state index in [2.05, 4.69) is 6.92 Å². The lowest BCUT2D eigenvalue weighted by Crippen LogP contribution is -2.24. The zero-order valence-corrected chi connectivity index (χ0v) is 9.18. The Kier molecular flexibility index (Phi) is 5.83. The van der Waals surface area contributed by atoms with Crippen LogP contribution in [0, 0.1) is 5.92 Å². The topological polar surface area (TPSA) is 29.5 Å². The monoisotopic (exact) mass is 204 g/mol. The van der Waals surface area contributed by atoms with Crippen LogP contribution in [0.4, 0.5) is 0 Å². The number of thioether (sulfide) groups is 1. The Balaban J connectivity index is 2.00. The molecule has 1 fully saturated rings. The molecule has 0 aromatic carbocycles. The molecule has 1 N–H and O–H groups in total. The first-order chi connectivity index (χ1) is 6.33. The molecule has 2 atom stereocenters. The normalized spacial score (nSPS) is 29.1. The van der Waals surface area contributed by atoms with E-state index in [0.717, 1.165) is 24.7 Å². The molecule has 1 rings (SSSR count). The summed E-state index contributed by atoms with van der Waals surface area (Å²) in [6, 6.07) is 0. The molecule has 0 bridgehead atoms. The summed E-state index contributed by atoms with van der Waals surface area (Å²) in [5.74, 6) is 3.18. The fraction of sp³-hybridized carbons (Fsp3) is 1.00. The molecule has 0 amide bonds. The molecule has 1 aliphatic rings. The number of hydrogen-bond acceptors (Lipinski definition) is 3. The van der Waals surface area contributed by atoms with Crippen LogP contribution < -0.4 is 0 Å². The van der Waals surface area contributed by atoms with Crippen LogP contribution in [-0.4, -0.2) is 35.9 Å². The van der Waals surface area contributed by atoms with Gasteiger partial charge in [-0.15, -0.1) is 0 Å². The highest BCUT2D eigenvalue weighted by Gasteiger charge is 2.18. The molecule has 2 nitrogen and oxygen atoms in total. The standard InChI is InChI=1S/C10H20O2S/c1-9-7-10(3-5-12-9)8-13-6-2-4-11/h9-11H,2-8H2,1H3. The van der Waals surface area contributed by atoms with Crippen molar-refractivity contribution in [3.8, 4) is 0 Å². The average Bonchev–Trinajstić information content (AvgIpc) is 2.13. The van der Waals surface area contributed by atoms with Crippen LogP contribution in [0.3, 0.4) is 0 Å². The molecule has 0 saturated carbocycles. The second kappa shape index (κ2) is 6.68. The van der Waals surface area contributed by atoms with Crippen LogP contribution in [0.25, 0.3) is 0 Å². The smallest absolute Gasteiger partial charge is 0.0549 e. The van der Waals surface area contributed by atoms with Crippen LogP contribution in [0.1, 0.15) is 26.2 Å². The molecule has 0 aromatic rings. The quantitative estimate of drug-likeness (QED) is 0.694. The molecule has 0 aromatic heterocycles. The number of aliphatic hydroxyl groups is 1. The second-order valence-corrected chi connectivity index (χ2v) is 4.87. The Morgan fingerprint density at radius 1 is 1.54 bits per heavy atom. The number of aliphatic hydroxyl groups excluding tert-OH is 1. The average molecular weight is 204 g/mol. The van der Waals surface area contributed by atoms with E-state index in [0.29, 0.717) is 12.7 Å². The summed E-state index contributed by atoms with van der Waals surface area (Å²) in [6.45, 7) is 3.42. The molecule has 0 aliphatic carbocycles. The molecule has 1 heterocycles. The predicted molar refractivity (Wildman–Crippen MR) is 57.2 cm³/mol. The van der Waals surface area contributed by atoms with Crippen molar-refractivity contribution in [3.63, 3.8) is 0 Å². The third-order valence-corrected chi connectivity index (χ3v) is 3.68. The highest BCUT2D eigenvalue weighted by atomic mass is 32.2. The van der Waals surface area contributed by atoms with Gasteiger partial charge in [0.05, 0.1) is 6.10 Å². The van der Waals surface area contributed by atoms with Gasteiger partial charge < -0.3 is 9.84 Å². The largest absolute Gasteiger partial charge is 0.396 e. The predicted octanol–water partition coefficient (Wildman–Crippen LogP) is 1.92. The summed E-state index contributed by atoms with van der Waals surface area (Å²) >= 11 is 1.97. The number of rotatable bonds is 5. The van der Waals surface area contributed by atoms with Gasteiger partial charge in [-0.1, -0.05) is 0 Å². The number of ether oxygens (including phenoxy) is 1. The van der Waals surface area contributed by atoms with E-state index in [1.165, 1.54) is 18.6 Å². The Labute approximate surface area is 85.0 Å². The van der Waals surface area contributed by atoms with Crippen LogP contribution >= 0.6 is 11.8 Å². The first-order valence-corrected chi connectivity index (χ1v) is 6.28. The Morgan fingerprint density at radius 2 is 2.38 bits per heavy atom. The minimum Gasteiger partial charge on any atom is -0.396 e. The lowest BCUT2D eigenvalue weighted by Gasteiger charge is -2.26. The van der Waals surface area contributed by atoms with Crippen molar-refractivity contribution in [2.75, 3.05) is 24.7 Å². The maximum absolute atomic E-state index is 8.61. The fourth-order valence-electron chi connectivity index (χ4n) is 1.66. The maximum Gasteiger partial charge on any atom is 0.0549 e. The lowest BCUT2D eigenvalue weighted by atomic mass is 9.98. The third-order valence-electron chi connectivity index (χ3n) is 2.39. The summed E-state index contributed by atoms with van der Waals surface area (Å²) in [5.41, 5.74) is 0. The van der Waals surface area contributed by atoms with E-state index < -0.39 is 0 Å². The first kappa shape index (κ1) is 11.3. The van der Waals surface area contributed by atoms with Crippen molar-refractivity contribution < 1.29 is 9.84 Å². The molecule has 13 heavy (non-hydrogen) atoms. The highest BCUT2D eigenvalue weighted by Crippen LogP contribution is 2.23. The second-order valence-electron chi connectivity index (χ2n) is 3.72. The van der Waals surface area contributed by atoms with Gasteiger partial charge in [0.2, 0.25) is 0 Å². The van der Waals surface area contributed by atoms with Crippen molar-refractivity contribution in [1.29, 1.82) is 0 Å². The van der Waals surface area contributed by atoms with Gasteiger partial charge in [0, 0.05) is 13.2 Å². The van der Waals surface area contributed by atoms with Crippen molar-refractivity contribution in [1.82, 2.24) is 0 Å². The molecule has 1 aliphatic heterocycles. The van der Waals surface area contributed by atoms with Crippen LogP contribution in [0.15, 0.2) is 0 Å². The molecular weight excluding hydrogens is 184 g/mol. The van der Waals surface area contributed by atoms with Crippen molar-refractivity contribution in [3.05, 3.63) is 0 Å². The summed E-state index contributed by atoms with van der Waals surface area (Å²) in [7, 11) is 0. The molecule has 0 radical (unpaired) electrons. The molecule has 2 unspecified atom stereocenters. The molecule has 0 spiro atoms. The van der Waals surface area contributed by atoms with Crippen LogP contribution in [-0.2, 0) is 4.74 Å². The zero-order valence-electron chi connectivity index (χ0n) is 8.37. The first-order valence-electron chi connectivity index (χ1n) is 5.13. The summed E-state index contributed by atoms with van der Waals surface area (Å²) < 4.78 is 5.49. The van der Waals surface area contributed by atoms with E-state index >= 15 is 0 Å². The lowest BCUT2D eigenvalue weighted by molar-refractivity contribution is 0.00782. The molecular formula is C10H20O2S. The van der Waals surface area contributed by atoms with Crippen molar-refractivity contribution in [2.45, 2.75) is 32.3 Å². The SMILES string of the molecule is CC1CC(CSCCCO)CCO1. The van der Waals surface area contributed by atoms with Gasteiger partial charge in [-0.2, -0.15) is 11.8 Å². The van der Waals surface area contributed by atoms with Crippen molar-refractivity contribution >= 4 is 11.8 Å². The van der Waals surface area contributed by atoms with Gasteiger partial charge in [-0.05, 0) is 43.6 Å². The Bertz CT molecular complexity index is 130. The summed E-state index contributed by atoms with van der Waals surface area (Å²) in [6.07, 6.45) is 3.82. The zero-order chi connectivity index (χ0) is 9.52. The Morgan fingerprint density at radius 3 is 3.08 bits per heavy atom. The Hall–Kier alpha value is 0.270. The summed E-state index contributed by atoms with van der Waals surface area (Å²) in [5, 5.41) is 8.61. The van der Waals surface area contributed by atoms with Gasteiger partial charge in [0.1, 0.15) is 0 Å². The summed E-state index contributed by atoms with van der Waals surface area (Å²) in [4.78, 5) is 0. The van der Waals surface area contributed by atoms with E-state index in [1.54, 1.807) is 0 Å². The van der Waals surface area contributed by atoms with Gasteiger partial charge >= 0.3 is 0 Å². The van der Waals surface area contributed by atoms with Crippen LogP contribution in [0.5, 0.6) is 0 Å². The van der Waals surface area contributed by atoms with Gasteiger partial charge in [0.25, 0.3) is 0 Å². The minimum atomic E-state index is 0.331. The van der Waals surface area contributed by atoms with Gasteiger partial charge in [-0.3, -0.25) is 0 Å². The van der Waals surface area contributed by atoms with E-state index in [1.807, 2.05) is 11.8 Å². The van der Waals surface area contributed by atoms with Crippen molar-refractivity contribution in [2.24, 2.45) is 5.92 Å². The molecule has 3 heteroatoms. The van der Waals surface area contributed by atoms with Crippen LogP contribution in [0.2, 0.25) is 0 Å². The van der Waals surface area contributed by atoms with E-state index in [9.17, 15) is 0 Å².